The van der Waals surface area contributed by atoms with Crippen LogP contribution < -0.4 is 5.69 Å². The molecule has 4 rings (SSSR count). The molecule has 2 atom stereocenters. The van der Waals surface area contributed by atoms with Crippen molar-refractivity contribution in [3.8, 4) is 0 Å². The first-order valence-electron chi connectivity index (χ1n) is 9.77. The maximum absolute atomic E-state index is 14.4. The zero-order valence-corrected chi connectivity index (χ0v) is 16.8. The smallest absolute Gasteiger partial charge is 0.436 e. The molecule has 2 aromatic heterocycles. The molecular formula is C18H17F5N6O4. The summed E-state index contributed by atoms with van der Waals surface area (Å²) in [5.41, 5.74) is -3.21. The van der Waals surface area contributed by atoms with Crippen molar-refractivity contribution in [3.63, 3.8) is 0 Å². The number of amides is 2. The van der Waals surface area contributed by atoms with Crippen molar-refractivity contribution in [1.82, 2.24) is 29.1 Å². The van der Waals surface area contributed by atoms with Gasteiger partial charge in [0.25, 0.3) is 0 Å². The molecule has 0 aliphatic carbocycles. The minimum absolute atomic E-state index is 0.0875. The van der Waals surface area contributed by atoms with Gasteiger partial charge in [0.1, 0.15) is 12.2 Å². The van der Waals surface area contributed by atoms with E-state index in [1.165, 1.54) is 4.90 Å². The predicted molar refractivity (Wildman–Crippen MR) is 98.4 cm³/mol. The molecule has 1 saturated heterocycles. The summed E-state index contributed by atoms with van der Waals surface area (Å²) in [4.78, 5) is 42.5. The number of carbonyl (C=O) groups excluding carboxylic acids is 1. The molecule has 2 aliphatic heterocycles. The summed E-state index contributed by atoms with van der Waals surface area (Å²) < 4.78 is 68.4. The van der Waals surface area contributed by atoms with Gasteiger partial charge in [0, 0.05) is 18.3 Å². The van der Waals surface area contributed by atoms with Crippen LogP contribution in [0.2, 0.25) is 0 Å². The van der Waals surface area contributed by atoms with Crippen LogP contribution in [0.3, 0.4) is 0 Å². The lowest BCUT2D eigenvalue weighted by Gasteiger charge is -2.32. The van der Waals surface area contributed by atoms with Gasteiger partial charge in [0.15, 0.2) is 17.3 Å². The van der Waals surface area contributed by atoms with E-state index in [1.54, 1.807) is 0 Å². The Bertz CT molecular complexity index is 1160. The van der Waals surface area contributed by atoms with Crippen LogP contribution in [0.25, 0.3) is 0 Å². The minimum atomic E-state index is -5.05. The molecule has 0 saturated carbocycles. The minimum Gasteiger partial charge on any atom is -0.465 e. The number of halogens is 5. The number of alkyl halides is 4. The van der Waals surface area contributed by atoms with Crippen molar-refractivity contribution in [3.05, 3.63) is 45.6 Å². The monoisotopic (exact) mass is 476 g/mol. The van der Waals surface area contributed by atoms with Crippen LogP contribution in [0.15, 0.2) is 17.1 Å². The molecule has 4 heterocycles. The second kappa shape index (κ2) is 8.12. The van der Waals surface area contributed by atoms with Gasteiger partial charge in [-0.2, -0.15) is 18.3 Å². The molecule has 178 valence electrons. The highest BCUT2D eigenvalue weighted by Gasteiger charge is 2.40. The number of rotatable bonds is 3. The van der Waals surface area contributed by atoms with Gasteiger partial charge in [0.2, 0.25) is 5.91 Å². The maximum atomic E-state index is 14.4. The average molecular weight is 476 g/mol. The Hall–Kier alpha value is -3.52. The fraction of sp³-hybridized carbons (Fsp3) is 0.500. The average Bonchev–Trinajstić information content (AvgIpc) is 3.31. The SMILES string of the molecule is O=C(O)N1Cc2nn(Cc3ccnc(C(F)(F)F)c3F)c(=O)n2C(C(=O)N2CC[C@H](F)C2)C1. The van der Waals surface area contributed by atoms with E-state index in [0.717, 1.165) is 21.7 Å². The molecule has 15 heteroatoms. The molecule has 1 unspecified atom stereocenters. The largest absolute Gasteiger partial charge is 0.465 e. The van der Waals surface area contributed by atoms with Crippen LogP contribution >= 0.6 is 0 Å². The van der Waals surface area contributed by atoms with Crippen LogP contribution in [0, 0.1) is 5.82 Å². The van der Waals surface area contributed by atoms with Crippen molar-refractivity contribution in [2.45, 2.75) is 37.9 Å². The van der Waals surface area contributed by atoms with Crippen LogP contribution in [0.4, 0.5) is 26.7 Å². The van der Waals surface area contributed by atoms with Gasteiger partial charge in [-0.3, -0.25) is 14.3 Å². The number of likely N-dealkylation sites (tertiary alicyclic amines) is 1. The van der Waals surface area contributed by atoms with E-state index in [4.69, 9.17) is 0 Å². The predicted octanol–water partition coefficient (Wildman–Crippen LogP) is 1.25. The summed E-state index contributed by atoms with van der Waals surface area (Å²) in [6.07, 6.45) is -6.85. The van der Waals surface area contributed by atoms with Crippen LogP contribution in [0.5, 0.6) is 0 Å². The number of carbonyl (C=O) groups is 2. The van der Waals surface area contributed by atoms with Gasteiger partial charge in [-0.25, -0.2) is 28.0 Å². The van der Waals surface area contributed by atoms with Crippen molar-refractivity contribution >= 4 is 12.0 Å². The molecule has 33 heavy (non-hydrogen) atoms. The number of hydrogen-bond acceptors (Lipinski definition) is 5. The highest BCUT2D eigenvalue weighted by atomic mass is 19.4. The zero-order valence-electron chi connectivity index (χ0n) is 16.8. The molecule has 2 aliphatic rings. The van der Waals surface area contributed by atoms with E-state index < -0.39 is 66.2 Å². The molecular weight excluding hydrogens is 459 g/mol. The Labute approximate surface area is 181 Å². The van der Waals surface area contributed by atoms with Gasteiger partial charge in [-0.05, 0) is 12.5 Å². The molecule has 1 fully saturated rings. The first kappa shape index (κ1) is 22.7. The quantitative estimate of drug-likeness (QED) is 0.668. The standard InChI is InChI=1S/C18H17F5N6O4/c19-10-2-4-26(6-10)15(30)11-7-27(17(32)33)8-12-25-28(16(31)29(11)12)5-9-1-3-24-14(13(9)20)18(21,22)23/h1,3,10-11H,2,4-8H2,(H,32,33)/t10-,11?/m0/s1. The van der Waals surface area contributed by atoms with Crippen molar-refractivity contribution < 1.29 is 36.6 Å². The van der Waals surface area contributed by atoms with E-state index in [1.807, 2.05) is 0 Å². The van der Waals surface area contributed by atoms with Crippen molar-refractivity contribution in [1.29, 1.82) is 0 Å². The van der Waals surface area contributed by atoms with Gasteiger partial charge in [-0.15, -0.1) is 0 Å². The Morgan fingerprint density at radius 1 is 1.21 bits per heavy atom. The number of pyridine rings is 1. The Morgan fingerprint density at radius 2 is 1.94 bits per heavy atom. The summed E-state index contributed by atoms with van der Waals surface area (Å²) in [5.74, 6) is -2.50. The summed E-state index contributed by atoms with van der Waals surface area (Å²) >= 11 is 0. The Balaban J connectivity index is 1.71. The third kappa shape index (κ3) is 4.14. The molecule has 10 nitrogen and oxygen atoms in total. The molecule has 0 aromatic carbocycles. The number of aromatic nitrogens is 4. The molecule has 2 amide bonds. The lowest BCUT2D eigenvalue weighted by Crippen LogP contribution is -2.50. The number of nitrogens with zero attached hydrogens (tertiary/aromatic N) is 6. The summed E-state index contributed by atoms with van der Waals surface area (Å²) in [7, 11) is 0. The normalized spacial score (nSPS) is 20.8. The maximum Gasteiger partial charge on any atom is 0.436 e. The third-order valence-electron chi connectivity index (χ3n) is 5.53. The van der Waals surface area contributed by atoms with Crippen LogP contribution in [0.1, 0.15) is 29.5 Å². The second-order valence-corrected chi connectivity index (χ2v) is 7.71. The van der Waals surface area contributed by atoms with E-state index in [0.29, 0.717) is 4.68 Å². The lowest BCUT2D eigenvalue weighted by atomic mass is 10.2. The lowest BCUT2D eigenvalue weighted by molar-refractivity contribution is -0.143. The third-order valence-corrected chi connectivity index (χ3v) is 5.53. The van der Waals surface area contributed by atoms with Gasteiger partial charge in [0.05, 0.1) is 26.2 Å². The topological polar surface area (TPSA) is 114 Å². The molecule has 2 aromatic rings. The van der Waals surface area contributed by atoms with Crippen LogP contribution in [-0.2, 0) is 24.1 Å². The molecule has 0 radical (unpaired) electrons. The number of hydrogen-bond donors (Lipinski definition) is 1. The summed E-state index contributed by atoms with van der Waals surface area (Å²) in [6.45, 7) is -1.60. The molecule has 1 N–H and O–H groups in total. The first-order chi connectivity index (χ1) is 15.5. The van der Waals surface area contributed by atoms with E-state index in [9.17, 15) is 41.4 Å². The van der Waals surface area contributed by atoms with Crippen molar-refractivity contribution in [2.24, 2.45) is 0 Å². The summed E-state index contributed by atoms with van der Waals surface area (Å²) in [6, 6.07) is -0.392. The Kier molecular flexibility index (Phi) is 5.57. The fourth-order valence-corrected chi connectivity index (χ4v) is 3.94. The highest BCUT2D eigenvalue weighted by molar-refractivity contribution is 5.82. The number of fused-ring (bicyclic) bond motifs is 1. The van der Waals surface area contributed by atoms with Crippen molar-refractivity contribution in [2.75, 3.05) is 19.6 Å². The molecule has 0 bridgehead atoms. The molecule has 0 spiro atoms. The first-order valence-corrected chi connectivity index (χ1v) is 9.77. The zero-order chi connectivity index (χ0) is 24.1. The number of carboxylic acid groups (broad SMARTS) is 1. The van der Waals surface area contributed by atoms with Gasteiger partial charge >= 0.3 is 18.0 Å². The van der Waals surface area contributed by atoms with Gasteiger partial charge in [-0.1, -0.05) is 0 Å². The fourth-order valence-electron chi connectivity index (χ4n) is 3.94. The second-order valence-electron chi connectivity index (χ2n) is 7.71. The van der Waals surface area contributed by atoms with E-state index in [-0.39, 0.29) is 31.9 Å². The van der Waals surface area contributed by atoms with E-state index >= 15 is 0 Å². The van der Waals surface area contributed by atoms with E-state index in [2.05, 4.69) is 10.1 Å². The summed E-state index contributed by atoms with van der Waals surface area (Å²) in [5, 5.41) is 13.3. The van der Waals surface area contributed by atoms with Crippen LogP contribution in [-0.4, -0.2) is 72.0 Å². The Morgan fingerprint density at radius 3 is 2.55 bits per heavy atom. The van der Waals surface area contributed by atoms with Gasteiger partial charge < -0.3 is 10.0 Å². The highest BCUT2D eigenvalue weighted by Crippen LogP contribution is 2.31.